The van der Waals surface area contributed by atoms with Gasteiger partial charge in [0.15, 0.2) is 0 Å². The summed E-state index contributed by atoms with van der Waals surface area (Å²) in [5.41, 5.74) is 2.98. The van der Waals surface area contributed by atoms with E-state index in [1.54, 1.807) is 48.8 Å². The van der Waals surface area contributed by atoms with Gasteiger partial charge in [0, 0.05) is 35.9 Å². The van der Waals surface area contributed by atoms with Gasteiger partial charge in [0.05, 0.1) is 16.8 Å². The first-order valence-corrected chi connectivity index (χ1v) is 9.06. The smallest absolute Gasteiger partial charge is 0.261 e. The average molecular weight is 350 g/mol. The van der Waals surface area contributed by atoms with Crippen LogP contribution in [0, 0.1) is 0 Å². The van der Waals surface area contributed by atoms with Gasteiger partial charge in [0.25, 0.3) is 10.0 Å². The molecule has 0 spiro atoms. The van der Waals surface area contributed by atoms with E-state index in [0.717, 1.165) is 16.8 Å². The Labute approximate surface area is 144 Å². The molecule has 25 heavy (non-hydrogen) atoms. The van der Waals surface area contributed by atoms with Crippen molar-refractivity contribution in [1.29, 1.82) is 0 Å². The van der Waals surface area contributed by atoms with E-state index in [9.17, 15) is 8.42 Å². The molecule has 0 amide bonds. The van der Waals surface area contributed by atoms with Crippen LogP contribution in [0.4, 0.5) is 5.69 Å². The first kappa shape index (κ1) is 15.3. The van der Waals surface area contributed by atoms with E-state index in [-0.39, 0.29) is 4.90 Å². The van der Waals surface area contributed by atoms with E-state index in [4.69, 9.17) is 0 Å². The van der Waals surface area contributed by atoms with Crippen molar-refractivity contribution in [2.24, 2.45) is 0 Å². The third-order valence-electron chi connectivity index (χ3n) is 3.77. The van der Waals surface area contributed by atoms with E-state index in [1.807, 2.05) is 28.9 Å². The average Bonchev–Trinajstić information content (AvgIpc) is 3.10. The minimum Gasteiger partial charge on any atom is -0.306 e. The van der Waals surface area contributed by atoms with Gasteiger partial charge in [-0.1, -0.05) is 18.2 Å². The highest BCUT2D eigenvalue weighted by atomic mass is 32.2. The minimum atomic E-state index is -3.64. The molecule has 1 aromatic carbocycles. The van der Waals surface area contributed by atoms with Crippen molar-refractivity contribution < 1.29 is 8.42 Å². The Morgan fingerprint density at radius 1 is 0.960 bits per heavy atom. The van der Waals surface area contributed by atoms with E-state index in [1.165, 1.54) is 6.20 Å². The van der Waals surface area contributed by atoms with Crippen LogP contribution in [0.25, 0.3) is 16.8 Å². The number of rotatable bonds is 4. The summed E-state index contributed by atoms with van der Waals surface area (Å²) in [5, 5.41) is 0. The Kier molecular flexibility index (Phi) is 3.70. The summed E-state index contributed by atoms with van der Waals surface area (Å²) in [5.74, 6) is 0. The highest BCUT2D eigenvalue weighted by molar-refractivity contribution is 7.92. The van der Waals surface area contributed by atoms with Crippen molar-refractivity contribution in [3.8, 4) is 11.1 Å². The lowest BCUT2D eigenvalue weighted by Gasteiger charge is -2.09. The van der Waals surface area contributed by atoms with Crippen LogP contribution in [0.15, 0.2) is 84.4 Å². The number of sulfonamides is 1. The number of hydrogen-bond donors (Lipinski definition) is 1. The molecule has 0 saturated heterocycles. The molecule has 0 aliphatic heterocycles. The summed E-state index contributed by atoms with van der Waals surface area (Å²) in [7, 11) is -3.64. The lowest BCUT2D eigenvalue weighted by molar-refractivity contribution is 0.601. The maximum Gasteiger partial charge on any atom is 0.261 e. The predicted molar refractivity (Wildman–Crippen MR) is 95.7 cm³/mol. The van der Waals surface area contributed by atoms with Crippen LogP contribution in [0.1, 0.15) is 0 Å². The quantitative estimate of drug-likeness (QED) is 0.613. The van der Waals surface area contributed by atoms with E-state index < -0.39 is 10.0 Å². The zero-order valence-corrected chi connectivity index (χ0v) is 13.9. The molecular weight excluding hydrogens is 336 g/mol. The van der Waals surface area contributed by atoms with Crippen LogP contribution in [0.2, 0.25) is 0 Å². The minimum absolute atomic E-state index is 0.209. The highest BCUT2D eigenvalue weighted by Gasteiger charge is 2.14. The molecule has 124 valence electrons. The van der Waals surface area contributed by atoms with Crippen LogP contribution >= 0.6 is 0 Å². The molecule has 0 atom stereocenters. The van der Waals surface area contributed by atoms with Gasteiger partial charge in [-0.3, -0.25) is 9.71 Å². The number of anilines is 1. The molecular formula is C18H14N4O2S. The SMILES string of the molecule is O=S(=O)(Nc1cncc(-c2ccc3nccn3c2)c1)c1ccccc1. The van der Waals surface area contributed by atoms with Gasteiger partial charge in [0.1, 0.15) is 5.65 Å². The Balaban J connectivity index is 1.67. The van der Waals surface area contributed by atoms with Crippen LogP contribution in [-0.2, 0) is 10.0 Å². The van der Waals surface area contributed by atoms with Crippen LogP contribution < -0.4 is 4.72 Å². The maximum absolute atomic E-state index is 12.4. The Morgan fingerprint density at radius 2 is 1.80 bits per heavy atom. The molecule has 3 heterocycles. The lowest BCUT2D eigenvalue weighted by Crippen LogP contribution is -2.12. The molecule has 6 nitrogen and oxygen atoms in total. The third kappa shape index (κ3) is 3.09. The standard InChI is InChI=1S/C18H14N4O2S/c23-25(24,17-4-2-1-3-5-17)21-16-10-15(11-19-12-16)14-6-7-18-20-8-9-22(18)13-14/h1-13,21H. The zero-order chi connectivity index (χ0) is 17.3. The second kappa shape index (κ2) is 6.03. The number of benzene rings is 1. The zero-order valence-electron chi connectivity index (χ0n) is 13.1. The summed E-state index contributed by atoms with van der Waals surface area (Å²) in [6.07, 6.45) is 8.68. The topological polar surface area (TPSA) is 76.4 Å². The van der Waals surface area contributed by atoms with Crippen molar-refractivity contribution in [3.05, 3.63) is 79.5 Å². The highest BCUT2D eigenvalue weighted by Crippen LogP contribution is 2.23. The molecule has 4 rings (SSSR count). The first-order chi connectivity index (χ1) is 12.1. The lowest BCUT2D eigenvalue weighted by atomic mass is 10.1. The molecule has 3 aromatic heterocycles. The molecule has 7 heteroatoms. The van der Waals surface area contributed by atoms with Gasteiger partial charge in [-0.25, -0.2) is 13.4 Å². The molecule has 0 unspecified atom stereocenters. The van der Waals surface area contributed by atoms with Crippen LogP contribution in [0.5, 0.6) is 0 Å². The number of imidazole rings is 1. The van der Waals surface area contributed by atoms with Crippen molar-refractivity contribution >= 4 is 21.4 Å². The normalized spacial score (nSPS) is 11.5. The van der Waals surface area contributed by atoms with E-state index in [2.05, 4.69) is 14.7 Å². The van der Waals surface area contributed by atoms with Gasteiger partial charge in [-0.05, 0) is 30.3 Å². The van der Waals surface area contributed by atoms with Crippen molar-refractivity contribution in [3.63, 3.8) is 0 Å². The second-order valence-corrected chi connectivity index (χ2v) is 7.17. The molecule has 0 saturated carbocycles. The van der Waals surface area contributed by atoms with Gasteiger partial charge >= 0.3 is 0 Å². The Morgan fingerprint density at radius 3 is 2.64 bits per heavy atom. The molecule has 0 aliphatic carbocycles. The largest absolute Gasteiger partial charge is 0.306 e. The maximum atomic E-state index is 12.4. The van der Waals surface area contributed by atoms with E-state index in [0.29, 0.717) is 5.69 Å². The molecule has 1 N–H and O–H groups in total. The predicted octanol–water partition coefficient (Wildman–Crippen LogP) is 3.20. The van der Waals surface area contributed by atoms with Crippen LogP contribution in [-0.4, -0.2) is 22.8 Å². The molecule has 0 fully saturated rings. The molecule has 0 aliphatic rings. The van der Waals surface area contributed by atoms with Crippen LogP contribution in [0.3, 0.4) is 0 Å². The summed E-state index contributed by atoms with van der Waals surface area (Å²) >= 11 is 0. The summed E-state index contributed by atoms with van der Waals surface area (Å²) in [4.78, 5) is 8.57. The fourth-order valence-electron chi connectivity index (χ4n) is 2.56. The van der Waals surface area contributed by atoms with E-state index >= 15 is 0 Å². The Hall–Kier alpha value is -3.19. The fourth-order valence-corrected chi connectivity index (χ4v) is 3.61. The third-order valence-corrected chi connectivity index (χ3v) is 5.16. The number of fused-ring (bicyclic) bond motifs is 1. The molecule has 4 aromatic rings. The summed E-state index contributed by atoms with van der Waals surface area (Å²) in [6.45, 7) is 0. The monoisotopic (exact) mass is 350 g/mol. The number of nitrogens with one attached hydrogen (secondary N) is 1. The molecule has 0 radical (unpaired) electrons. The van der Waals surface area contributed by atoms with Gasteiger partial charge in [-0.2, -0.15) is 0 Å². The number of aromatic nitrogens is 3. The fraction of sp³-hybridized carbons (Fsp3) is 0. The van der Waals surface area contributed by atoms with Gasteiger partial charge < -0.3 is 4.40 Å². The number of nitrogens with zero attached hydrogens (tertiary/aromatic N) is 3. The number of hydrogen-bond acceptors (Lipinski definition) is 4. The Bertz CT molecular complexity index is 1140. The van der Waals surface area contributed by atoms with Crippen molar-refractivity contribution in [2.75, 3.05) is 4.72 Å². The van der Waals surface area contributed by atoms with Gasteiger partial charge in [0.2, 0.25) is 0 Å². The number of pyridine rings is 2. The summed E-state index contributed by atoms with van der Waals surface area (Å²) < 4.78 is 29.3. The second-order valence-electron chi connectivity index (χ2n) is 5.49. The summed E-state index contributed by atoms with van der Waals surface area (Å²) in [6, 6.07) is 13.8. The first-order valence-electron chi connectivity index (χ1n) is 7.58. The van der Waals surface area contributed by atoms with Crippen molar-refractivity contribution in [1.82, 2.24) is 14.4 Å². The van der Waals surface area contributed by atoms with Gasteiger partial charge in [-0.15, -0.1) is 0 Å². The molecule has 0 bridgehead atoms. The van der Waals surface area contributed by atoms with Crippen molar-refractivity contribution in [2.45, 2.75) is 4.90 Å².